The molecular weight excluding hydrogens is 339 g/mol. The number of halogens is 2. The predicted octanol–water partition coefficient (Wildman–Crippen LogP) is 4.24. The minimum atomic E-state index is 0.269. The van der Waals surface area contributed by atoms with Crippen molar-refractivity contribution in [2.75, 3.05) is 5.32 Å². The molecule has 0 bridgehead atoms. The van der Waals surface area contributed by atoms with Gasteiger partial charge in [0.05, 0.1) is 6.54 Å². The van der Waals surface area contributed by atoms with E-state index in [9.17, 15) is 0 Å². The minimum Gasteiger partial charge on any atom is -0.360 e. The van der Waals surface area contributed by atoms with Gasteiger partial charge in [0.2, 0.25) is 0 Å². The second-order valence-electron chi connectivity index (χ2n) is 5.28. The quantitative estimate of drug-likeness (QED) is 0.803. The van der Waals surface area contributed by atoms with Crippen LogP contribution in [0.5, 0.6) is 0 Å². The SMILES string of the molecule is Cc1cc(NC(=S)NC(C)C)nn1Cc1c(Cl)cccc1Cl. The van der Waals surface area contributed by atoms with Crippen LogP contribution in [0.1, 0.15) is 25.1 Å². The largest absolute Gasteiger partial charge is 0.360 e. The number of nitrogens with zero attached hydrogens (tertiary/aromatic N) is 2. The van der Waals surface area contributed by atoms with Gasteiger partial charge in [-0.3, -0.25) is 4.68 Å². The highest BCUT2D eigenvalue weighted by molar-refractivity contribution is 7.80. The van der Waals surface area contributed by atoms with Crippen LogP contribution in [0.4, 0.5) is 5.82 Å². The fourth-order valence-electron chi connectivity index (χ4n) is 1.98. The summed E-state index contributed by atoms with van der Waals surface area (Å²) in [6, 6.07) is 7.67. The Labute approximate surface area is 145 Å². The fraction of sp³-hybridized carbons (Fsp3) is 0.333. The summed E-state index contributed by atoms with van der Waals surface area (Å²) in [7, 11) is 0. The van der Waals surface area contributed by atoms with E-state index in [0.29, 0.717) is 27.5 Å². The Morgan fingerprint density at radius 2 is 1.95 bits per heavy atom. The Morgan fingerprint density at radius 1 is 1.32 bits per heavy atom. The third-order valence-corrected chi connectivity index (χ3v) is 3.94. The molecule has 0 unspecified atom stereocenters. The standard InChI is InChI=1S/C15H18Cl2N4S/c1-9(2)18-15(22)19-14-7-10(3)21(20-14)8-11-12(16)5-4-6-13(11)17/h4-7,9H,8H2,1-3H3,(H2,18,19,20,22). The average Bonchev–Trinajstić information content (AvgIpc) is 2.73. The van der Waals surface area contributed by atoms with Crippen molar-refractivity contribution in [1.29, 1.82) is 0 Å². The highest BCUT2D eigenvalue weighted by atomic mass is 35.5. The van der Waals surface area contributed by atoms with Crippen LogP contribution in [0.2, 0.25) is 10.0 Å². The molecule has 0 amide bonds. The average molecular weight is 357 g/mol. The molecule has 0 radical (unpaired) electrons. The minimum absolute atomic E-state index is 0.269. The molecule has 2 aromatic rings. The van der Waals surface area contributed by atoms with Crippen LogP contribution in [0.3, 0.4) is 0 Å². The lowest BCUT2D eigenvalue weighted by atomic mass is 10.2. The molecule has 1 heterocycles. The molecule has 118 valence electrons. The first kappa shape index (κ1) is 17.1. The Kier molecular flexibility index (Phi) is 5.67. The molecule has 0 aliphatic rings. The van der Waals surface area contributed by atoms with Crippen LogP contribution in [0.15, 0.2) is 24.3 Å². The molecule has 0 atom stereocenters. The highest BCUT2D eigenvalue weighted by Crippen LogP contribution is 2.25. The lowest BCUT2D eigenvalue weighted by Crippen LogP contribution is -2.34. The normalized spacial score (nSPS) is 10.8. The molecular formula is C15H18Cl2N4S. The predicted molar refractivity (Wildman–Crippen MR) is 97.0 cm³/mol. The van der Waals surface area contributed by atoms with Crippen molar-refractivity contribution in [3.05, 3.63) is 45.6 Å². The van der Waals surface area contributed by atoms with Gasteiger partial charge in [0.15, 0.2) is 10.9 Å². The maximum Gasteiger partial charge on any atom is 0.172 e. The lowest BCUT2D eigenvalue weighted by molar-refractivity contribution is 0.667. The van der Waals surface area contributed by atoms with Crippen molar-refractivity contribution in [2.24, 2.45) is 0 Å². The molecule has 2 N–H and O–H groups in total. The summed E-state index contributed by atoms with van der Waals surface area (Å²) >= 11 is 17.6. The number of hydrogen-bond donors (Lipinski definition) is 2. The van der Waals surface area contributed by atoms with E-state index < -0.39 is 0 Å². The number of aryl methyl sites for hydroxylation is 1. The summed E-state index contributed by atoms with van der Waals surface area (Å²) in [6.07, 6.45) is 0. The van der Waals surface area contributed by atoms with Crippen LogP contribution in [0, 0.1) is 6.92 Å². The van der Waals surface area contributed by atoms with Crippen molar-refractivity contribution < 1.29 is 0 Å². The van der Waals surface area contributed by atoms with Crippen molar-refractivity contribution >= 4 is 46.4 Å². The first-order valence-corrected chi connectivity index (χ1v) is 8.08. The van der Waals surface area contributed by atoms with Gasteiger partial charge < -0.3 is 10.6 Å². The van der Waals surface area contributed by atoms with E-state index in [0.717, 1.165) is 11.3 Å². The summed E-state index contributed by atoms with van der Waals surface area (Å²) in [5.74, 6) is 0.693. The molecule has 0 spiro atoms. The number of benzene rings is 1. The van der Waals surface area contributed by atoms with Gasteiger partial charge in [0.1, 0.15) is 0 Å². The molecule has 0 fully saturated rings. The van der Waals surface area contributed by atoms with Gasteiger partial charge in [-0.2, -0.15) is 5.10 Å². The number of anilines is 1. The van der Waals surface area contributed by atoms with Gasteiger partial charge in [-0.25, -0.2) is 0 Å². The lowest BCUT2D eigenvalue weighted by Gasteiger charge is -2.11. The molecule has 2 rings (SSSR count). The molecule has 1 aromatic carbocycles. The van der Waals surface area contributed by atoms with E-state index in [1.54, 1.807) is 0 Å². The van der Waals surface area contributed by atoms with Gasteiger partial charge in [0, 0.05) is 33.4 Å². The third kappa shape index (κ3) is 4.35. The smallest absolute Gasteiger partial charge is 0.172 e. The second-order valence-corrected chi connectivity index (χ2v) is 6.50. The monoisotopic (exact) mass is 356 g/mol. The molecule has 0 aliphatic carbocycles. The summed E-state index contributed by atoms with van der Waals surface area (Å²) in [4.78, 5) is 0. The summed E-state index contributed by atoms with van der Waals surface area (Å²) in [5, 5.41) is 12.5. The van der Waals surface area contributed by atoms with Crippen molar-refractivity contribution in [3.63, 3.8) is 0 Å². The second kappa shape index (κ2) is 7.31. The highest BCUT2D eigenvalue weighted by Gasteiger charge is 2.11. The van der Waals surface area contributed by atoms with E-state index >= 15 is 0 Å². The zero-order chi connectivity index (χ0) is 16.3. The number of rotatable bonds is 4. The van der Waals surface area contributed by atoms with Gasteiger partial charge >= 0.3 is 0 Å². The van der Waals surface area contributed by atoms with Crippen LogP contribution in [-0.2, 0) is 6.54 Å². The van der Waals surface area contributed by atoms with Crippen molar-refractivity contribution in [3.8, 4) is 0 Å². The first-order chi connectivity index (χ1) is 10.4. The number of thiocarbonyl (C=S) groups is 1. The van der Waals surface area contributed by atoms with E-state index in [4.69, 9.17) is 35.4 Å². The summed E-state index contributed by atoms with van der Waals surface area (Å²) in [5.41, 5.74) is 1.84. The van der Waals surface area contributed by atoms with Crippen LogP contribution in [-0.4, -0.2) is 20.9 Å². The molecule has 4 nitrogen and oxygen atoms in total. The number of hydrogen-bond acceptors (Lipinski definition) is 2. The van der Waals surface area contributed by atoms with Crippen LogP contribution in [0.25, 0.3) is 0 Å². The molecule has 22 heavy (non-hydrogen) atoms. The molecule has 0 aliphatic heterocycles. The third-order valence-electron chi connectivity index (χ3n) is 3.01. The topological polar surface area (TPSA) is 41.9 Å². The Morgan fingerprint density at radius 3 is 2.55 bits per heavy atom. The first-order valence-electron chi connectivity index (χ1n) is 6.91. The van der Waals surface area contributed by atoms with E-state index in [1.165, 1.54) is 0 Å². The molecule has 7 heteroatoms. The van der Waals surface area contributed by atoms with Gasteiger partial charge in [-0.05, 0) is 45.1 Å². The molecule has 0 saturated carbocycles. The zero-order valence-electron chi connectivity index (χ0n) is 12.7. The zero-order valence-corrected chi connectivity index (χ0v) is 15.0. The van der Waals surface area contributed by atoms with Crippen molar-refractivity contribution in [2.45, 2.75) is 33.4 Å². The van der Waals surface area contributed by atoms with E-state index in [1.807, 2.05) is 49.7 Å². The van der Waals surface area contributed by atoms with E-state index in [-0.39, 0.29) is 6.04 Å². The maximum absolute atomic E-state index is 6.21. The molecule has 1 aromatic heterocycles. The number of aromatic nitrogens is 2. The maximum atomic E-state index is 6.21. The van der Waals surface area contributed by atoms with Gasteiger partial charge in [-0.1, -0.05) is 29.3 Å². The Hall–Kier alpha value is -1.30. The van der Waals surface area contributed by atoms with Crippen LogP contribution < -0.4 is 10.6 Å². The fourth-order valence-corrected chi connectivity index (χ4v) is 2.84. The Balaban J connectivity index is 2.15. The van der Waals surface area contributed by atoms with Crippen LogP contribution >= 0.6 is 35.4 Å². The summed E-state index contributed by atoms with van der Waals surface area (Å²) in [6.45, 7) is 6.53. The van der Waals surface area contributed by atoms with Crippen molar-refractivity contribution in [1.82, 2.24) is 15.1 Å². The van der Waals surface area contributed by atoms with Gasteiger partial charge in [-0.15, -0.1) is 0 Å². The van der Waals surface area contributed by atoms with E-state index in [2.05, 4.69) is 15.7 Å². The molecule has 0 saturated heterocycles. The summed E-state index contributed by atoms with van der Waals surface area (Å²) < 4.78 is 1.84. The number of nitrogens with one attached hydrogen (secondary N) is 2. The van der Waals surface area contributed by atoms with Gasteiger partial charge in [0.25, 0.3) is 0 Å². The Bertz CT molecular complexity index is 662.